The fourth-order valence-electron chi connectivity index (χ4n) is 4.30. The van der Waals surface area contributed by atoms with Gasteiger partial charge in [0.2, 0.25) is 0 Å². The SMILES string of the molecule is Cc1cn(-c2ccc3n(c2=O)CCN(CCOc2ccc(F)cc2-c2ccnc(C(F)(F)F)c2)C3=O)cn1. The molecule has 38 heavy (non-hydrogen) atoms. The van der Waals surface area contributed by atoms with Crippen molar-refractivity contribution in [1.29, 1.82) is 0 Å². The van der Waals surface area contributed by atoms with Gasteiger partial charge in [-0.05, 0) is 55.0 Å². The molecule has 0 bridgehead atoms. The lowest BCUT2D eigenvalue weighted by atomic mass is 10.0. The molecule has 1 amide bonds. The second-order valence-electron chi connectivity index (χ2n) is 8.69. The highest BCUT2D eigenvalue weighted by Gasteiger charge is 2.33. The molecule has 12 heteroatoms. The molecule has 4 aromatic rings. The summed E-state index contributed by atoms with van der Waals surface area (Å²) in [5.74, 6) is -0.836. The van der Waals surface area contributed by atoms with Crippen LogP contribution in [0, 0.1) is 12.7 Å². The van der Waals surface area contributed by atoms with E-state index in [9.17, 15) is 27.2 Å². The number of aromatic nitrogens is 4. The molecule has 0 saturated heterocycles. The van der Waals surface area contributed by atoms with Gasteiger partial charge in [0.25, 0.3) is 11.5 Å². The minimum Gasteiger partial charge on any atom is -0.491 e. The zero-order valence-corrected chi connectivity index (χ0v) is 20.1. The number of carbonyl (C=O) groups excluding carboxylic acids is 1. The Morgan fingerprint density at radius 2 is 1.84 bits per heavy atom. The van der Waals surface area contributed by atoms with Crippen LogP contribution >= 0.6 is 0 Å². The fraction of sp³-hybridized carbons (Fsp3) is 0.231. The molecule has 3 aromatic heterocycles. The van der Waals surface area contributed by atoms with Crippen LogP contribution in [-0.2, 0) is 12.7 Å². The third-order valence-electron chi connectivity index (χ3n) is 6.17. The molecule has 4 heterocycles. The molecule has 1 aromatic carbocycles. The van der Waals surface area contributed by atoms with Crippen LogP contribution < -0.4 is 10.3 Å². The summed E-state index contributed by atoms with van der Waals surface area (Å²) in [6, 6.07) is 8.86. The average molecular weight is 527 g/mol. The lowest BCUT2D eigenvalue weighted by Gasteiger charge is -2.29. The normalized spacial score (nSPS) is 13.5. The van der Waals surface area contributed by atoms with Crippen LogP contribution in [-0.4, -0.2) is 49.6 Å². The molecule has 0 unspecified atom stereocenters. The average Bonchev–Trinajstić information content (AvgIpc) is 3.32. The highest BCUT2D eigenvalue weighted by atomic mass is 19.4. The van der Waals surface area contributed by atoms with Crippen molar-refractivity contribution >= 4 is 5.91 Å². The lowest BCUT2D eigenvalue weighted by molar-refractivity contribution is -0.141. The number of alkyl halides is 3. The summed E-state index contributed by atoms with van der Waals surface area (Å²) in [7, 11) is 0. The summed E-state index contributed by atoms with van der Waals surface area (Å²) in [5, 5.41) is 0. The molecule has 0 aliphatic carbocycles. The van der Waals surface area contributed by atoms with E-state index in [4.69, 9.17) is 4.74 Å². The van der Waals surface area contributed by atoms with Crippen molar-refractivity contribution in [2.75, 3.05) is 19.7 Å². The third-order valence-corrected chi connectivity index (χ3v) is 6.17. The quantitative estimate of drug-likeness (QED) is 0.353. The van der Waals surface area contributed by atoms with E-state index in [1.807, 2.05) is 6.92 Å². The van der Waals surface area contributed by atoms with Gasteiger partial charge < -0.3 is 18.8 Å². The van der Waals surface area contributed by atoms with Gasteiger partial charge in [0, 0.05) is 31.0 Å². The molecular weight excluding hydrogens is 506 g/mol. The Morgan fingerprint density at radius 1 is 1.03 bits per heavy atom. The topological polar surface area (TPSA) is 82.3 Å². The van der Waals surface area contributed by atoms with E-state index in [1.54, 1.807) is 22.9 Å². The number of nitrogens with zero attached hydrogens (tertiary/aromatic N) is 5. The van der Waals surface area contributed by atoms with Crippen molar-refractivity contribution in [2.24, 2.45) is 0 Å². The van der Waals surface area contributed by atoms with Crippen LogP contribution in [0.1, 0.15) is 21.9 Å². The molecule has 1 aliphatic heterocycles. The molecule has 0 radical (unpaired) electrons. The summed E-state index contributed by atoms with van der Waals surface area (Å²) in [6.07, 6.45) is -0.405. The zero-order chi connectivity index (χ0) is 27.0. The smallest absolute Gasteiger partial charge is 0.433 e. The van der Waals surface area contributed by atoms with Gasteiger partial charge in [-0.2, -0.15) is 13.2 Å². The van der Waals surface area contributed by atoms with Crippen molar-refractivity contribution in [2.45, 2.75) is 19.6 Å². The first kappa shape index (κ1) is 25.2. The van der Waals surface area contributed by atoms with Crippen LogP contribution in [0.5, 0.6) is 5.75 Å². The van der Waals surface area contributed by atoms with Crippen LogP contribution in [0.4, 0.5) is 17.6 Å². The second-order valence-corrected chi connectivity index (χ2v) is 8.69. The molecule has 0 N–H and O–H groups in total. The Kier molecular flexibility index (Phi) is 6.47. The predicted molar refractivity (Wildman–Crippen MR) is 129 cm³/mol. The highest BCUT2D eigenvalue weighted by Crippen LogP contribution is 2.34. The Balaban J connectivity index is 1.31. The Hall–Kier alpha value is -4.48. The van der Waals surface area contributed by atoms with Crippen LogP contribution in [0.3, 0.4) is 0 Å². The summed E-state index contributed by atoms with van der Waals surface area (Å²) >= 11 is 0. The number of aryl methyl sites for hydroxylation is 1. The molecule has 0 spiro atoms. The molecule has 8 nitrogen and oxygen atoms in total. The number of imidazole rings is 1. The molecule has 5 rings (SSSR count). The summed E-state index contributed by atoms with van der Waals surface area (Å²) in [6.45, 7) is 2.49. The van der Waals surface area contributed by atoms with Crippen molar-refractivity contribution in [3.05, 3.63) is 94.4 Å². The third kappa shape index (κ3) is 4.89. The highest BCUT2D eigenvalue weighted by molar-refractivity contribution is 5.93. The van der Waals surface area contributed by atoms with Gasteiger partial charge in [-0.1, -0.05) is 0 Å². The van der Waals surface area contributed by atoms with E-state index in [1.165, 1.54) is 27.9 Å². The van der Waals surface area contributed by atoms with Crippen molar-refractivity contribution in [1.82, 2.24) is 24.0 Å². The zero-order valence-electron chi connectivity index (χ0n) is 20.1. The molecule has 196 valence electrons. The fourth-order valence-corrected chi connectivity index (χ4v) is 4.30. The van der Waals surface area contributed by atoms with Gasteiger partial charge in [-0.15, -0.1) is 0 Å². The van der Waals surface area contributed by atoms with E-state index in [0.717, 1.165) is 30.1 Å². The number of halogens is 4. The van der Waals surface area contributed by atoms with E-state index >= 15 is 0 Å². The maximum Gasteiger partial charge on any atom is 0.433 e. The standard InChI is InChI=1S/C26H21F4N5O3/c1-16-14-34(15-32-16)20-3-4-21-24(36)33(8-9-35(21)25(20)37)10-11-38-22-5-2-18(27)13-19(22)17-6-7-31-23(12-17)26(28,29)30/h2-7,12-15H,8-11H2,1H3. The number of pyridine rings is 2. The number of fused-ring (bicyclic) bond motifs is 1. The van der Waals surface area contributed by atoms with Gasteiger partial charge in [-0.25, -0.2) is 9.37 Å². The Bertz CT molecular complexity index is 1580. The van der Waals surface area contributed by atoms with Gasteiger partial charge in [-0.3, -0.25) is 14.6 Å². The molecule has 0 fully saturated rings. The van der Waals surface area contributed by atoms with Crippen molar-refractivity contribution in [3.63, 3.8) is 0 Å². The summed E-state index contributed by atoms with van der Waals surface area (Å²) in [5.41, 5.74) is 0.173. The summed E-state index contributed by atoms with van der Waals surface area (Å²) in [4.78, 5) is 35.0. The van der Waals surface area contributed by atoms with E-state index in [2.05, 4.69) is 9.97 Å². The maximum absolute atomic E-state index is 14.0. The number of hydrogen-bond acceptors (Lipinski definition) is 5. The number of hydrogen-bond donors (Lipinski definition) is 0. The summed E-state index contributed by atoms with van der Waals surface area (Å²) < 4.78 is 62.1. The first-order valence-electron chi connectivity index (χ1n) is 11.6. The van der Waals surface area contributed by atoms with Crippen LogP contribution in [0.25, 0.3) is 16.8 Å². The van der Waals surface area contributed by atoms with Crippen LogP contribution in [0.15, 0.2) is 66.0 Å². The number of carbonyl (C=O) groups is 1. The maximum atomic E-state index is 14.0. The van der Waals surface area contributed by atoms with Crippen molar-refractivity contribution < 1.29 is 27.1 Å². The van der Waals surface area contributed by atoms with Gasteiger partial charge in [0.15, 0.2) is 0 Å². The molecule has 0 atom stereocenters. The number of benzene rings is 1. The predicted octanol–water partition coefficient (Wildman–Crippen LogP) is 4.10. The van der Waals surface area contributed by atoms with Crippen molar-refractivity contribution in [3.8, 4) is 22.6 Å². The number of ether oxygens (including phenoxy) is 1. The number of rotatable bonds is 6. The number of amides is 1. The Labute approximate surface area is 213 Å². The largest absolute Gasteiger partial charge is 0.491 e. The van der Waals surface area contributed by atoms with Gasteiger partial charge >= 0.3 is 6.18 Å². The van der Waals surface area contributed by atoms with Gasteiger partial charge in [0.1, 0.15) is 35.2 Å². The monoisotopic (exact) mass is 527 g/mol. The minimum absolute atomic E-state index is 0.00177. The van der Waals surface area contributed by atoms with Gasteiger partial charge in [0.05, 0.1) is 18.6 Å². The van der Waals surface area contributed by atoms with Crippen LogP contribution in [0.2, 0.25) is 0 Å². The second kappa shape index (κ2) is 9.77. The first-order chi connectivity index (χ1) is 18.1. The minimum atomic E-state index is -4.66. The molecule has 1 aliphatic rings. The first-order valence-corrected chi connectivity index (χ1v) is 11.6. The van der Waals surface area contributed by atoms with E-state index in [0.29, 0.717) is 5.69 Å². The Morgan fingerprint density at radius 3 is 2.58 bits per heavy atom. The molecular formula is C26H21F4N5O3. The lowest BCUT2D eigenvalue weighted by Crippen LogP contribution is -2.46. The van der Waals surface area contributed by atoms with E-state index < -0.39 is 17.7 Å². The molecule has 0 saturated carbocycles. The van der Waals surface area contributed by atoms with E-state index in [-0.39, 0.29) is 60.3 Å².